The average Bonchev–Trinajstić information content (AvgIpc) is 3.04. The van der Waals surface area contributed by atoms with Crippen LogP contribution in [0.3, 0.4) is 0 Å². The fourth-order valence-electron chi connectivity index (χ4n) is 4.70. The number of hydrogen-bond acceptors (Lipinski definition) is 7. The molecule has 252 valence electrons. The molecule has 0 radical (unpaired) electrons. The summed E-state index contributed by atoms with van der Waals surface area (Å²) >= 11 is 0. The van der Waals surface area contributed by atoms with Crippen molar-refractivity contribution >= 4 is 41.1 Å². The van der Waals surface area contributed by atoms with Crippen LogP contribution in [0.1, 0.15) is 43.4 Å². The third-order valence-electron chi connectivity index (χ3n) is 7.13. The Labute approximate surface area is 279 Å². The summed E-state index contributed by atoms with van der Waals surface area (Å²) in [4.78, 5) is 53.5. The van der Waals surface area contributed by atoms with Gasteiger partial charge in [-0.3, -0.25) is 19.7 Å². The van der Waals surface area contributed by atoms with Crippen LogP contribution in [0.15, 0.2) is 77.8 Å². The van der Waals surface area contributed by atoms with Gasteiger partial charge in [-0.1, -0.05) is 50.2 Å². The van der Waals surface area contributed by atoms with Crippen LogP contribution in [0, 0.1) is 17.4 Å². The number of guanidine groups is 1. The van der Waals surface area contributed by atoms with Crippen molar-refractivity contribution in [2.75, 3.05) is 12.4 Å². The fourth-order valence-corrected chi connectivity index (χ4v) is 4.70. The monoisotopic (exact) mass is 656 g/mol. The molecular formula is C35H40N6O7. The Hall–Kier alpha value is -5.90. The van der Waals surface area contributed by atoms with Gasteiger partial charge in [0.25, 0.3) is 0 Å². The molecular weight excluding hydrogens is 616 g/mol. The van der Waals surface area contributed by atoms with E-state index in [9.17, 15) is 24.3 Å². The number of hydrogen-bond donors (Lipinski definition) is 6. The third kappa shape index (κ3) is 12.5. The molecule has 0 saturated heterocycles. The number of amides is 2. The molecule has 6 N–H and O–H groups in total. The zero-order chi connectivity index (χ0) is 35.1. The van der Waals surface area contributed by atoms with Gasteiger partial charge >= 0.3 is 11.9 Å². The normalized spacial score (nSPS) is 12.3. The number of aryl methyl sites for hydroxylation is 1. The third-order valence-corrected chi connectivity index (χ3v) is 7.13. The molecule has 48 heavy (non-hydrogen) atoms. The van der Waals surface area contributed by atoms with Gasteiger partial charge in [-0.05, 0) is 71.8 Å². The Kier molecular flexibility index (Phi) is 13.9. The maximum atomic E-state index is 13.2. The van der Waals surface area contributed by atoms with E-state index in [4.69, 9.17) is 15.1 Å². The second-order valence-corrected chi connectivity index (χ2v) is 11.5. The summed E-state index contributed by atoms with van der Waals surface area (Å²) in [5, 5.41) is 38.7. The predicted octanol–water partition coefficient (Wildman–Crippen LogP) is 3.77. The lowest BCUT2D eigenvalue weighted by atomic mass is 10.00. The van der Waals surface area contributed by atoms with Crippen LogP contribution in [-0.2, 0) is 38.4 Å². The highest BCUT2D eigenvalue weighted by Crippen LogP contribution is 2.18. The number of ether oxygens (including phenoxy) is 1. The van der Waals surface area contributed by atoms with Gasteiger partial charge < -0.3 is 30.9 Å². The van der Waals surface area contributed by atoms with Gasteiger partial charge in [-0.15, -0.1) is 0 Å². The van der Waals surface area contributed by atoms with Crippen molar-refractivity contribution < 1.29 is 34.1 Å². The molecule has 0 aliphatic rings. The van der Waals surface area contributed by atoms with Gasteiger partial charge in [0.1, 0.15) is 17.8 Å². The van der Waals surface area contributed by atoms with Crippen molar-refractivity contribution in [2.24, 2.45) is 10.9 Å². The number of rotatable bonds is 16. The topological polar surface area (TPSA) is 202 Å². The lowest BCUT2D eigenvalue weighted by molar-refractivity contribution is -0.142. The Morgan fingerprint density at radius 2 is 1.48 bits per heavy atom. The molecule has 2 atom stereocenters. The Balaban J connectivity index is 1.62. The number of nitrogens with zero attached hydrogens (tertiary/aromatic N) is 2. The first-order valence-corrected chi connectivity index (χ1v) is 15.3. The summed E-state index contributed by atoms with van der Waals surface area (Å²) in [6.45, 7) is 3.79. The lowest BCUT2D eigenvalue weighted by Crippen LogP contribution is -2.52. The fraction of sp³-hybridized carbons (Fsp3) is 0.314. The van der Waals surface area contributed by atoms with Crippen LogP contribution in [0.2, 0.25) is 0 Å². The zero-order valence-corrected chi connectivity index (χ0v) is 27.0. The zero-order valence-electron chi connectivity index (χ0n) is 27.0. The molecule has 0 aromatic heterocycles. The minimum atomic E-state index is -1.23. The smallest absolute Gasteiger partial charge is 0.326 e. The van der Waals surface area contributed by atoms with E-state index in [1.165, 1.54) is 0 Å². The number of carbonyl (C=O) groups is 4. The van der Waals surface area contributed by atoms with Crippen LogP contribution in [0.25, 0.3) is 0 Å². The molecule has 0 spiro atoms. The highest BCUT2D eigenvalue weighted by Gasteiger charge is 2.27. The van der Waals surface area contributed by atoms with E-state index in [-0.39, 0.29) is 31.1 Å². The minimum Gasteiger partial charge on any atom is -0.497 e. The summed E-state index contributed by atoms with van der Waals surface area (Å²) < 4.78 is 5.15. The second kappa shape index (κ2) is 18.3. The summed E-state index contributed by atoms with van der Waals surface area (Å²) in [6.07, 6.45) is 2.47. The average molecular weight is 657 g/mol. The van der Waals surface area contributed by atoms with Gasteiger partial charge in [-0.25, -0.2) is 9.79 Å². The number of methoxy groups -OCH3 is 1. The molecule has 2 amide bonds. The molecule has 13 nitrogen and oxygen atoms in total. The number of benzene rings is 3. The molecule has 2 unspecified atom stereocenters. The Morgan fingerprint density at radius 1 is 0.854 bits per heavy atom. The van der Waals surface area contributed by atoms with E-state index in [0.29, 0.717) is 41.1 Å². The van der Waals surface area contributed by atoms with Crippen molar-refractivity contribution in [3.8, 4) is 11.9 Å². The van der Waals surface area contributed by atoms with Crippen LogP contribution in [0.4, 0.5) is 11.4 Å². The molecule has 3 rings (SSSR count). The van der Waals surface area contributed by atoms with Crippen LogP contribution in [-0.4, -0.2) is 59.1 Å². The molecule has 0 aliphatic carbocycles. The first-order valence-electron chi connectivity index (χ1n) is 15.3. The predicted molar refractivity (Wildman–Crippen MR) is 180 cm³/mol. The number of anilines is 1. The van der Waals surface area contributed by atoms with Crippen molar-refractivity contribution in [1.29, 1.82) is 5.26 Å². The van der Waals surface area contributed by atoms with Crippen molar-refractivity contribution in [2.45, 2.75) is 58.0 Å². The van der Waals surface area contributed by atoms with Crippen LogP contribution >= 0.6 is 0 Å². The standard InChI is InChI=1S/C35H40N6O7/c1-22(2)18-29(33(45)41-30(34(46)47)19-24-6-4-23(5-7-24)10-17-32(43)44)40-31(42)20-25-8-11-26(12-9-25)38-35(37-21-36)39-27-13-15-28(48-3)16-14-27/h4-9,11-16,22,29-30H,10,17-20H2,1-3H3,(H,40,42)(H,41,45)(H,43,44)(H,46,47)(H2,37,38,39). The highest BCUT2D eigenvalue weighted by atomic mass is 16.5. The van der Waals surface area contributed by atoms with E-state index in [1.807, 2.05) is 20.0 Å². The van der Waals surface area contributed by atoms with Gasteiger partial charge in [0, 0.05) is 18.5 Å². The molecule has 3 aromatic carbocycles. The van der Waals surface area contributed by atoms with Gasteiger partial charge in [0.15, 0.2) is 6.19 Å². The van der Waals surface area contributed by atoms with Gasteiger partial charge in [-0.2, -0.15) is 5.26 Å². The maximum Gasteiger partial charge on any atom is 0.326 e. The van der Waals surface area contributed by atoms with Gasteiger partial charge in [0.05, 0.1) is 19.2 Å². The van der Waals surface area contributed by atoms with E-state index in [0.717, 1.165) is 5.56 Å². The first-order chi connectivity index (χ1) is 22.9. The van der Waals surface area contributed by atoms with Crippen molar-refractivity contribution in [3.05, 3.63) is 89.5 Å². The van der Waals surface area contributed by atoms with Crippen LogP contribution in [0.5, 0.6) is 5.75 Å². The second-order valence-electron chi connectivity index (χ2n) is 11.5. The Morgan fingerprint density at radius 3 is 2.04 bits per heavy atom. The Bertz CT molecular complexity index is 1620. The number of carbonyl (C=O) groups excluding carboxylic acids is 2. The number of carboxylic acid groups (broad SMARTS) is 2. The molecule has 0 bridgehead atoms. The van der Waals surface area contributed by atoms with E-state index in [1.54, 1.807) is 79.9 Å². The lowest BCUT2D eigenvalue weighted by Gasteiger charge is -2.23. The van der Waals surface area contributed by atoms with E-state index >= 15 is 0 Å². The summed E-state index contributed by atoms with van der Waals surface area (Å²) in [6, 6.07) is 18.6. The molecule has 13 heteroatoms. The first kappa shape index (κ1) is 36.6. The molecule has 0 fully saturated rings. The van der Waals surface area contributed by atoms with E-state index < -0.39 is 35.8 Å². The molecule has 0 aliphatic heterocycles. The number of aliphatic carboxylic acids is 2. The molecule has 0 heterocycles. The van der Waals surface area contributed by atoms with Crippen molar-refractivity contribution in [3.63, 3.8) is 0 Å². The van der Waals surface area contributed by atoms with Crippen molar-refractivity contribution in [1.82, 2.24) is 16.0 Å². The summed E-state index contributed by atoms with van der Waals surface area (Å²) in [5.74, 6) is -2.23. The number of nitriles is 1. The quantitative estimate of drug-likeness (QED) is 0.0570. The highest BCUT2D eigenvalue weighted by molar-refractivity contribution is 5.96. The van der Waals surface area contributed by atoms with Crippen LogP contribution < -0.4 is 26.0 Å². The molecule has 0 saturated carbocycles. The number of aliphatic imine (C=N–C) groups is 1. The number of nitrogens with one attached hydrogen (secondary N) is 4. The van der Waals surface area contributed by atoms with E-state index in [2.05, 4.69) is 26.3 Å². The SMILES string of the molecule is COc1ccc(NC(=Nc2ccc(CC(=O)NC(CC(C)C)C(=O)NC(Cc3ccc(CCC(=O)O)cc3)C(=O)O)cc2)NC#N)cc1. The largest absolute Gasteiger partial charge is 0.497 e. The maximum absolute atomic E-state index is 13.2. The van der Waals surface area contributed by atoms with Gasteiger partial charge in [0.2, 0.25) is 17.8 Å². The minimum absolute atomic E-state index is 0.0123. The molecule has 3 aromatic rings. The summed E-state index contributed by atoms with van der Waals surface area (Å²) in [5.41, 5.74) is 3.32. The number of carboxylic acids is 2. The summed E-state index contributed by atoms with van der Waals surface area (Å²) in [7, 11) is 1.57.